The second-order valence-electron chi connectivity index (χ2n) is 4.54. The van der Waals surface area contributed by atoms with Crippen molar-refractivity contribution in [3.63, 3.8) is 0 Å². The molecule has 3 heterocycles. The number of rotatable bonds is 2. The van der Waals surface area contributed by atoms with Crippen LogP contribution in [0.2, 0.25) is 0 Å². The summed E-state index contributed by atoms with van der Waals surface area (Å²) in [6.07, 6.45) is 2.36. The van der Waals surface area contributed by atoms with Crippen LogP contribution < -0.4 is 0 Å². The molecule has 8 heteroatoms. The van der Waals surface area contributed by atoms with Gasteiger partial charge in [0.05, 0.1) is 3.79 Å². The van der Waals surface area contributed by atoms with E-state index >= 15 is 0 Å². The molecule has 2 aromatic heterocycles. The molecule has 0 N–H and O–H groups in total. The molecule has 0 saturated carbocycles. The zero-order valence-corrected chi connectivity index (χ0v) is 13.9. The molecule has 0 fully saturated rings. The van der Waals surface area contributed by atoms with Gasteiger partial charge in [-0.3, -0.25) is 0 Å². The highest BCUT2D eigenvalue weighted by Gasteiger charge is 2.30. The fourth-order valence-electron chi connectivity index (χ4n) is 2.16. The quantitative estimate of drug-likeness (QED) is 0.810. The SMILES string of the molecule is Cc1ncc2c(n1)CCN(S(=O)(=O)c1ccc(Br)s1)C2. The van der Waals surface area contributed by atoms with Crippen molar-refractivity contribution in [2.24, 2.45) is 0 Å². The molecule has 3 rings (SSSR count). The molecule has 0 atom stereocenters. The summed E-state index contributed by atoms with van der Waals surface area (Å²) < 4.78 is 27.8. The van der Waals surface area contributed by atoms with Crippen molar-refractivity contribution in [2.45, 2.75) is 24.1 Å². The summed E-state index contributed by atoms with van der Waals surface area (Å²) in [7, 11) is -3.43. The van der Waals surface area contributed by atoms with Crippen LogP contribution in [0.3, 0.4) is 0 Å². The van der Waals surface area contributed by atoms with Crippen molar-refractivity contribution >= 4 is 37.3 Å². The molecular formula is C12H12BrN3O2S2. The largest absolute Gasteiger partial charge is 0.252 e. The third-order valence-electron chi connectivity index (χ3n) is 3.16. The topological polar surface area (TPSA) is 63.2 Å². The van der Waals surface area contributed by atoms with Gasteiger partial charge in [-0.05, 0) is 35.0 Å². The third kappa shape index (κ3) is 2.52. The van der Waals surface area contributed by atoms with Crippen LogP contribution >= 0.6 is 27.3 Å². The zero-order valence-electron chi connectivity index (χ0n) is 10.7. The van der Waals surface area contributed by atoms with Gasteiger partial charge in [-0.15, -0.1) is 11.3 Å². The zero-order chi connectivity index (χ0) is 14.3. The molecule has 5 nitrogen and oxygen atoms in total. The first-order chi connectivity index (χ1) is 9.46. The molecule has 20 heavy (non-hydrogen) atoms. The van der Waals surface area contributed by atoms with Crippen molar-refractivity contribution in [2.75, 3.05) is 6.54 Å². The second-order valence-corrected chi connectivity index (χ2v) is 9.16. The van der Waals surface area contributed by atoms with E-state index in [9.17, 15) is 8.42 Å². The van der Waals surface area contributed by atoms with E-state index in [-0.39, 0.29) is 0 Å². The molecule has 106 valence electrons. The van der Waals surface area contributed by atoms with Gasteiger partial charge in [0, 0.05) is 37.0 Å². The van der Waals surface area contributed by atoms with E-state index < -0.39 is 10.0 Å². The maximum Gasteiger partial charge on any atom is 0.252 e. The number of hydrogen-bond acceptors (Lipinski definition) is 5. The van der Waals surface area contributed by atoms with Gasteiger partial charge in [0.2, 0.25) is 0 Å². The predicted molar refractivity (Wildman–Crippen MR) is 80.1 cm³/mol. The number of fused-ring (bicyclic) bond motifs is 1. The van der Waals surface area contributed by atoms with Crippen LogP contribution in [0.25, 0.3) is 0 Å². The highest BCUT2D eigenvalue weighted by molar-refractivity contribution is 9.11. The number of nitrogens with zero attached hydrogens (tertiary/aromatic N) is 3. The third-order valence-corrected chi connectivity index (χ3v) is 7.10. The minimum atomic E-state index is -3.43. The Balaban J connectivity index is 1.92. The Morgan fingerprint density at radius 3 is 2.90 bits per heavy atom. The standard InChI is InChI=1S/C12H12BrN3O2S2/c1-8-14-6-9-7-16(5-4-10(9)15-8)20(17,18)12-3-2-11(13)19-12/h2-3,6H,4-5,7H2,1H3. The summed E-state index contributed by atoms with van der Waals surface area (Å²) in [5, 5.41) is 0. The van der Waals surface area contributed by atoms with E-state index in [1.54, 1.807) is 18.3 Å². The van der Waals surface area contributed by atoms with Crippen molar-refractivity contribution in [3.8, 4) is 0 Å². The Labute approximate surface area is 129 Å². The van der Waals surface area contributed by atoms with Crippen LogP contribution in [-0.4, -0.2) is 29.2 Å². The number of halogens is 1. The van der Waals surface area contributed by atoms with Crippen LogP contribution in [0.5, 0.6) is 0 Å². The summed E-state index contributed by atoms with van der Waals surface area (Å²) in [5.74, 6) is 0.724. The first kappa shape index (κ1) is 14.1. The van der Waals surface area contributed by atoms with Crippen LogP contribution in [0, 0.1) is 6.92 Å². The van der Waals surface area contributed by atoms with Crippen molar-refractivity contribution < 1.29 is 8.42 Å². The summed E-state index contributed by atoms with van der Waals surface area (Å²) in [5.41, 5.74) is 1.84. The van der Waals surface area contributed by atoms with E-state index in [1.165, 1.54) is 15.6 Å². The van der Waals surface area contributed by atoms with Crippen LogP contribution in [-0.2, 0) is 23.0 Å². The Bertz CT molecular complexity index is 758. The average Bonchev–Trinajstić information content (AvgIpc) is 2.85. The van der Waals surface area contributed by atoms with Crippen molar-refractivity contribution in [1.29, 1.82) is 0 Å². The summed E-state index contributed by atoms with van der Waals surface area (Å²) in [4.78, 5) is 8.52. The molecule has 0 bridgehead atoms. The molecule has 2 aromatic rings. The average molecular weight is 374 g/mol. The smallest absolute Gasteiger partial charge is 0.241 e. The number of sulfonamides is 1. The summed E-state index contributed by atoms with van der Waals surface area (Å²) in [6, 6.07) is 3.38. The van der Waals surface area contributed by atoms with Crippen molar-refractivity contribution in [3.05, 3.63) is 39.2 Å². The minimum absolute atomic E-state index is 0.341. The van der Waals surface area contributed by atoms with Crippen molar-refractivity contribution in [1.82, 2.24) is 14.3 Å². The number of aromatic nitrogens is 2. The lowest BCUT2D eigenvalue weighted by Crippen LogP contribution is -2.36. The highest BCUT2D eigenvalue weighted by Crippen LogP contribution is 2.30. The summed E-state index contributed by atoms with van der Waals surface area (Å²) in [6.45, 7) is 2.64. The van der Waals surface area contributed by atoms with E-state index in [4.69, 9.17) is 0 Å². The van der Waals surface area contributed by atoms with Gasteiger partial charge in [0.1, 0.15) is 10.0 Å². The van der Waals surface area contributed by atoms with Gasteiger partial charge in [-0.1, -0.05) is 0 Å². The Hall–Kier alpha value is -0.830. The first-order valence-corrected chi connectivity index (χ1v) is 9.08. The van der Waals surface area contributed by atoms with Gasteiger partial charge >= 0.3 is 0 Å². The Kier molecular flexibility index (Phi) is 3.65. The molecule has 0 amide bonds. The maximum absolute atomic E-state index is 12.6. The molecule has 0 saturated heterocycles. The second kappa shape index (κ2) is 5.18. The molecule has 0 unspecified atom stereocenters. The van der Waals surface area contributed by atoms with Gasteiger partial charge in [0.15, 0.2) is 0 Å². The molecule has 0 aromatic carbocycles. The Morgan fingerprint density at radius 1 is 1.40 bits per heavy atom. The number of hydrogen-bond donors (Lipinski definition) is 0. The number of thiophene rings is 1. The maximum atomic E-state index is 12.6. The van der Waals surface area contributed by atoms with Crippen LogP contribution in [0.1, 0.15) is 17.1 Å². The fourth-order valence-corrected chi connectivity index (χ4v) is 5.74. The lowest BCUT2D eigenvalue weighted by Gasteiger charge is -2.26. The normalized spacial score (nSPS) is 16.1. The monoisotopic (exact) mass is 373 g/mol. The predicted octanol–water partition coefficient (Wildman–Crippen LogP) is 2.36. The highest BCUT2D eigenvalue weighted by atomic mass is 79.9. The van der Waals surface area contributed by atoms with Gasteiger partial charge < -0.3 is 0 Å². The first-order valence-electron chi connectivity index (χ1n) is 6.04. The van der Waals surface area contributed by atoms with E-state index in [2.05, 4.69) is 25.9 Å². The van der Waals surface area contributed by atoms with E-state index in [0.29, 0.717) is 23.7 Å². The van der Waals surface area contributed by atoms with Gasteiger partial charge in [0.25, 0.3) is 10.0 Å². The fraction of sp³-hybridized carbons (Fsp3) is 0.333. The lowest BCUT2D eigenvalue weighted by atomic mass is 10.1. The van der Waals surface area contributed by atoms with Gasteiger partial charge in [-0.2, -0.15) is 4.31 Å². The molecule has 0 aliphatic carbocycles. The molecule has 0 spiro atoms. The molecule has 1 aliphatic heterocycles. The van der Waals surface area contributed by atoms with Gasteiger partial charge in [-0.25, -0.2) is 18.4 Å². The lowest BCUT2D eigenvalue weighted by molar-refractivity contribution is 0.387. The molecule has 1 aliphatic rings. The molecular weight excluding hydrogens is 362 g/mol. The molecule has 0 radical (unpaired) electrons. The minimum Gasteiger partial charge on any atom is -0.241 e. The Morgan fingerprint density at radius 2 is 2.20 bits per heavy atom. The van der Waals surface area contributed by atoms with Crippen LogP contribution in [0.4, 0.5) is 0 Å². The van der Waals surface area contributed by atoms with Crippen LogP contribution in [0.15, 0.2) is 26.3 Å². The van der Waals surface area contributed by atoms with E-state index in [0.717, 1.165) is 20.9 Å². The number of aryl methyl sites for hydroxylation is 1. The summed E-state index contributed by atoms with van der Waals surface area (Å²) >= 11 is 4.53. The van der Waals surface area contributed by atoms with E-state index in [1.807, 2.05) is 6.92 Å².